The summed E-state index contributed by atoms with van der Waals surface area (Å²) in [6.45, 7) is 2.01. The summed E-state index contributed by atoms with van der Waals surface area (Å²) in [4.78, 5) is 16.4. The Kier molecular flexibility index (Phi) is 4.66. The van der Waals surface area contributed by atoms with Crippen LogP contribution in [0.3, 0.4) is 0 Å². The zero-order valence-corrected chi connectivity index (χ0v) is 13.0. The molecule has 0 aliphatic carbocycles. The Morgan fingerprint density at radius 1 is 1.43 bits per heavy atom. The van der Waals surface area contributed by atoms with Crippen LogP contribution >= 0.6 is 0 Å². The van der Waals surface area contributed by atoms with Gasteiger partial charge in [0.2, 0.25) is 0 Å². The van der Waals surface area contributed by atoms with Crippen molar-refractivity contribution in [1.29, 1.82) is 0 Å². The van der Waals surface area contributed by atoms with Crippen LogP contribution in [0.4, 0.5) is 4.39 Å². The molecule has 2 heterocycles. The molecule has 1 amide bonds. The molecule has 3 rings (SSSR count). The minimum absolute atomic E-state index is 0.105. The molecule has 1 saturated heterocycles. The van der Waals surface area contributed by atoms with Crippen molar-refractivity contribution in [1.82, 2.24) is 20.1 Å². The smallest absolute Gasteiger partial charge is 0.253 e. The molecule has 0 N–H and O–H groups in total. The second-order valence-corrected chi connectivity index (χ2v) is 5.85. The monoisotopic (exact) mass is 318 g/mol. The average molecular weight is 318 g/mol. The third kappa shape index (κ3) is 3.73. The first-order chi connectivity index (χ1) is 11.1. The molecule has 0 saturated carbocycles. The largest absolute Gasteiger partial charge is 0.339 e. The molecule has 0 spiro atoms. The highest BCUT2D eigenvalue weighted by Gasteiger charge is 2.26. The van der Waals surface area contributed by atoms with E-state index in [1.165, 1.54) is 12.1 Å². The number of nitrogens with zero attached hydrogens (tertiary/aromatic N) is 4. The van der Waals surface area contributed by atoms with Crippen LogP contribution in [0.15, 0.2) is 35.1 Å². The molecule has 2 aromatic rings. The lowest BCUT2D eigenvalue weighted by Crippen LogP contribution is -2.45. The van der Waals surface area contributed by atoms with Crippen LogP contribution in [0.5, 0.6) is 0 Å². The predicted octanol–water partition coefficient (Wildman–Crippen LogP) is 1.95. The molecule has 122 valence electrons. The number of likely N-dealkylation sites (tertiary alicyclic amines) is 1. The highest BCUT2D eigenvalue weighted by Crippen LogP contribution is 2.19. The van der Waals surface area contributed by atoms with Crippen LogP contribution in [0.2, 0.25) is 0 Å². The van der Waals surface area contributed by atoms with Crippen LogP contribution in [-0.2, 0) is 6.54 Å². The first kappa shape index (κ1) is 15.6. The van der Waals surface area contributed by atoms with Crippen molar-refractivity contribution in [2.45, 2.75) is 25.4 Å². The van der Waals surface area contributed by atoms with E-state index in [1.807, 2.05) is 7.05 Å². The van der Waals surface area contributed by atoms with E-state index in [4.69, 9.17) is 0 Å². The Labute approximate surface area is 133 Å². The third-order valence-corrected chi connectivity index (χ3v) is 4.26. The van der Waals surface area contributed by atoms with Crippen LogP contribution < -0.4 is 0 Å². The maximum Gasteiger partial charge on any atom is 0.253 e. The molecule has 0 atom stereocenters. The van der Waals surface area contributed by atoms with Crippen LogP contribution in [0.25, 0.3) is 0 Å². The van der Waals surface area contributed by atoms with Crippen LogP contribution in [0.1, 0.15) is 28.9 Å². The van der Waals surface area contributed by atoms with E-state index < -0.39 is 0 Å². The zero-order chi connectivity index (χ0) is 16.2. The van der Waals surface area contributed by atoms with Gasteiger partial charge in [-0.2, -0.15) is 0 Å². The number of amides is 1. The van der Waals surface area contributed by atoms with Gasteiger partial charge in [-0.25, -0.2) is 9.02 Å². The van der Waals surface area contributed by atoms with Crippen molar-refractivity contribution in [2.75, 3.05) is 20.1 Å². The normalized spacial score (nSPS) is 16.0. The lowest BCUT2D eigenvalue weighted by molar-refractivity contribution is 0.0637. The summed E-state index contributed by atoms with van der Waals surface area (Å²) in [7, 11) is 2.03. The van der Waals surface area contributed by atoms with Gasteiger partial charge in [0.05, 0.1) is 6.20 Å². The van der Waals surface area contributed by atoms with Crippen LogP contribution in [0, 0.1) is 5.82 Å². The first-order valence-electron chi connectivity index (χ1n) is 7.65. The molecule has 1 aliphatic rings. The number of carbonyl (C=O) groups is 1. The number of halogens is 1. The Morgan fingerprint density at radius 2 is 2.22 bits per heavy atom. The number of rotatable bonds is 4. The van der Waals surface area contributed by atoms with Gasteiger partial charge in [-0.05, 0) is 38.1 Å². The maximum absolute atomic E-state index is 13.2. The molecule has 1 aromatic heterocycles. The summed E-state index contributed by atoms with van der Waals surface area (Å²) in [6.07, 6.45) is 3.37. The standard InChI is InChI=1S/C16H19FN4O2/c1-20(11-14-10-18-23-19-14)15-5-7-21(8-6-15)16(22)12-3-2-4-13(17)9-12/h2-4,9-10,15H,5-8,11H2,1H3. The van der Waals surface area contributed by atoms with Gasteiger partial charge >= 0.3 is 0 Å². The topological polar surface area (TPSA) is 62.5 Å². The van der Waals surface area contributed by atoms with Gasteiger partial charge < -0.3 is 4.90 Å². The van der Waals surface area contributed by atoms with Gasteiger partial charge in [0.15, 0.2) is 0 Å². The highest BCUT2D eigenvalue weighted by molar-refractivity contribution is 5.94. The number of aromatic nitrogens is 2. The van der Waals surface area contributed by atoms with Crippen molar-refractivity contribution in [2.24, 2.45) is 0 Å². The highest BCUT2D eigenvalue weighted by atomic mass is 19.1. The van der Waals surface area contributed by atoms with Gasteiger partial charge in [0, 0.05) is 31.2 Å². The lowest BCUT2D eigenvalue weighted by Gasteiger charge is -2.36. The molecule has 1 fully saturated rings. The Balaban J connectivity index is 1.54. The predicted molar refractivity (Wildman–Crippen MR) is 81.1 cm³/mol. The quantitative estimate of drug-likeness (QED) is 0.862. The molecule has 0 unspecified atom stereocenters. The van der Waals surface area contributed by atoms with E-state index >= 15 is 0 Å². The molecular formula is C16H19FN4O2. The van der Waals surface area contributed by atoms with E-state index in [0.717, 1.165) is 18.5 Å². The summed E-state index contributed by atoms with van der Waals surface area (Å²) in [5.74, 6) is -0.488. The van der Waals surface area contributed by atoms with E-state index in [0.29, 0.717) is 31.2 Å². The fraction of sp³-hybridized carbons (Fsp3) is 0.438. The minimum Gasteiger partial charge on any atom is -0.339 e. The lowest BCUT2D eigenvalue weighted by atomic mass is 10.0. The molecule has 6 nitrogen and oxygen atoms in total. The number of piperidine rings is 1. The second kappa shape index (κ2) is 6.87. The zero-order valence-electron chi connectivity index (χ0n) is 13.0. The Bertz CT molecular complexity index is 654. The minimum atomic E-state index is -0.383. The van der Waals surface area contributed by atoms with E-state index in [9.17, 15) is 9.18 Å². The number of carbonyl (C=O) groups excluding carboxylic acids is 1. The van der Waals surface area contributed by atoms with E-state index in [2.05, 4.69) is 19.8 Å². The molecule has 1 aromatic carbocycles. The number of hydrogen-bond donors (Lipinski definition) is 0. The first-order valence-corrected chi connectivity index (χ1v) is 7.65. The summed E-state index contributed by atoms with van der Waals surface area (Å²) < 4.78 is 17.8. The SMILES string of the molecule is CN(Cc1cnon1)C1CCN(C(=O)c2cccc(F)c2)CC1. The van der Waals surface area contributed by atoms with Gasteiger partial charge in [0.1, 0.15) is 11.5 Å². The van der Waals surface area contributed by atoms with Gasteiger partial charge in [-0.15, -0.1) is 0 Å². The van der Waals surface area contributed by atoms with Crippen molar-refractivity contribution in [3.63, 3.8) is 0 Å². The fourth-order valence-corrected chi connectivity index (χ4v) is 2.95. The summed E-state index contributed by atoms with van der Waals surface area (Å²) in [6, 6.07) is 6.23. The molecule has 0 radical (unpaired) electrons. The molecular weight excluding hydrogens is 299 g/mol. The van der Waals surface area contributed by atoms with Crippen molar-refractivity contribution in [3.8, 4) is 0 Å². The average Bonchev–Trinajstić information content (AvgIpc) is 3.07. The molecule has 1 aliphatic heterocycles. The third-order valence-electron chi connectivity index (χ3n) is 4.26. The van der Waals surface area contributed by atoms with Crippen molar-refractivity contribution < 1.29 is 13.8 Å². The summed E-state index contributed by atoms with van der Waals surface area (Å²) >= 11 is 0. The Morgan fingerprint density at radius 3 is 2.87 bits per heavy atom. The van der Waals surface area contributed by atoms with Gasteiger partial charge in [-0.3, -0.25) is 9.69 Å². The van der Waals surface area contributed by atoms with Gasteiger partial charge in [0.25, 0.3) is 5.91 Å². The fourth-order valence-electron chi connectivity index (χ4n) is 2.95. The number of benzene rings is 1. The van der Waals surface area contributed by atoms with Crippen molar-refractivity contribution >= 4 is 5.91 Å². The van der Waals surface area contributed by atoms with E-state index in [-0.39, 0.29) is 11.7 Å². The molecule has 7 heteroatoms. The molecule has 0 bridgehead atoms. The second-order valence-electron chi connectivity index (χ2n) is 5.85. The molecule has 23 heavy (non-hydrogen) atoms. The summed E-state index contributed by atoms with van der Waals surface area (Å²) in [5.41, 5.74) is 1.20. The van der Waals surface area contributed by atoms with Crippen molar-refractivity contribution in [3.05, 3.63) is 47.5 Å². The summed E-state index contributed by atoms with van der Waals surface area (Å²) in [5, 5.41) is 7.41. The van der Waals surface area contributed by atoms with Crippen LogP contribution in [-0.4, -0.2) is 52.2 Å². The van der Waals surface area contributed by atoms with Gasteiger partial charge in [-0.1, -0.05) is 16.4 Å². The maximum atomic E-state index is 13.2. The van der Waals surface area contributed by atoms with E-state index in [1.54, 1.807) is 23.2 Å². The Hall–Kier alpha value is -2.28. The number of hydrogen-bond acceptors (Lipinski definition) is 5.